The van der Waals surface area contributed by atoms with Gasteiger partial charge in [0.1, 0.15) is 17.7 Å². The van der Waals surface area contributed by atoms with Crippen LogP contribution in [0.4, 0.5) is 5.69 Å². The van der Waals surface area contributed by atoms with Crippen LogP contribution < -0.4 is 15.5 Å². The SMILES string of the molecule is O=C(COc1cccc2ccccc12)NN1C(=O)c2cc(Br)ccc2NC1c1ccc(O)cc1. The molecule has 2 amide bonds. The van der Waals surface area contributed by atoms with Gasteiger partial charge in [-0.15, -0.1) is 0 Å². The molecule has 170 valence electrons. The maximum atomic E-state index is 13.4. The van der Waals surface area contributed by atoms with Crippen molar-refractivity contribution < 1.29 is 19.4 Å². The van der Waals surface area contributed by atoms with Crippen LogP contribution in [0.25, 0.3) is 10.8 Å². The molecule has 1 heterocycles. The highest BCUT2D eigenvalue weighted by molar-refractivity contribution is 9.10. The molecule has 1 aliphatic heterocycles. The van der Waals surface area contributed by atoms with E-state index in [4.69, 9.17) is 4.74 Å². The first-order chi connectivity index (χ1) is 16.5. The maximum absolute atomic E-state index is 13.4. The third-order valence-corrected chi connectivity index (χ3v) is 6.04. The average molecular weight is 518 g/mol. The summed E-state index contributed by atoms with van der Waals surface area (Å²) in [6, 6.07) is 25.2. The zero-order valence-corrected chi connectivity index (χ0v) is 19.5. The van der Waals surface area contributed by atoms with Gasteiger partial charge in [0.15, 0.2) is 6.61 Å². The van der Waals surface area contributed by atoms with Gasteiger partial charge < -0.3 is 15.2 Å². The summed E-state index contributed by atoms with van der Waals surface area (Å²) in [5, 5.41) is 16.1. The number of benzene rings is 4. The molecule has 3 N–H and O–H groups in total. The summed E-state index contributed by atoms with van der Waals surface area (Å²) in [5.74, 6) is -0.160. The first kappa shape index (κ1) is 21.8. The Bertz CT molecular complexity index is 1390. The number of rotatable bonds is 5. The summed E-state index contributed by atoms with van der Waals surface area (Å²) in [7, 11) is 0. The van der Waals surface area contributed by atoms with Crippen molar-refractivity contribution in [2.24, 2.45) is 0 Å². The number of nitrogens with zero attached hydrogens (tertiary/aromatic N) is 1. The van der Waals surface area contributed by atoms with Crippen LogP contribution >= 0.6 is 15.9 Å². The Morgan fingerprint density at radius 2 is 1.79 bits per heavy atom. The van der Waals surface area contributed by atoms with Crippen molar-refractivity contribution in [3.05, 3.63) is 101 Å². The molecule has 7 nitrogen and oxygen atoms in total. The number of aromatic hydroxyl groups is 1. The van der Waals surface area contributed by atoms with E-state index in [0.717, 1.165) is 15.2 Å². The quantitative estimate of drug-likeness (QED) is 0.347. The number of ether oxygens (including phenoxy) is 1. The number of amides is 2. The summed E-state index contributed by atoms with van der Waals surface area (Å²) in [5.41, 5.74) is 4.44. The van der Waals surface area contributed by atoms with Crippen LogP contribution in [0.15, 0.2) is 89.4 Å². The predicted octanol–water partition coefficient (Wildman–Crippen LogP) is 4.98. The highest BCUT2D eigenvalue weighted by Gasteiger charge is 2.34. The number of nitrogens with one attached hydrogen (secondary N) is 2. The lowest BCUT2D eigenvalue weighted by Crippen LogP contribution is -2.53. The molecular weight excluding hydrogens is 498 g/mol. The summed E-state index contributed by atoms with van der Waals surface area (Å²) in [6.07, 6.45) is -0.678. The highest BCUT2D eigenvalue weighted by Crippen LogP contribution is 2.34. The minimum absolute atomic E-state index is 0.106. The molecule has 34 heavy (non-hydrogen) atoms. The summed E-state index contributed by atoms with van der Waals surface area (Å²) >= 11 is 3.39. The van der Waals surface area contributed by atoms with E-state index in [1.54, 1.807) is 30.3 Å². The number of fused-ring (bicyclic) bond motifs is 2. The Hall–Kier alpha value is -4.04. The number of carbonyl (C=O) groups is 2. The molecule has 0 aromatic heterocycles. The van der Waals surface area contributed by atoms with E-state index in [9.17, 15) is 14.7 Å². The predicted molar refractivity (Wildman–Crippen MR) is 132 cm³/mol. The second kappa shape index (κ2) is 9.07. The molecule has 1 atom stereocenters. The largest absolute Gasteiger partial charge is 0.508 e. The van der Waals surface area contributed by atoms with Crippen molar-refractivity contribution in [3.63, 3.8) is 0 Å². The fourth-order valence-electron chi connectivity index (χ4n) is 3.91. The Balaban J connectivity index is 1.39. The van der Waals surface area contributed by atoms with Gasteiger partial charge in [-0.2, -0.15) is 0 Å². The van der Waals surface area contributed by atoms with Gasteiger partial charge in [0.2, 0.25) is 0 Å². The highest BCUT2D eigenvalue weighted by atomic mass is 79.9. The smallest absolute Gasteiger partial charge is 0.276 e. The third kappa shape index (κ3) is 4.27. The minimum atomic E-state index is -0.678. The average Bonchev–Trinajstić information content (AvgIpc) is 2.85. The molecule has 0 radical (unpaired) electrons. The molecule has 4 aromatic rings. The lowest BCUT2D eigenvalue weighted by Gasteiger charge is -2.37. The topological polar surface area (TPSA) is 90.9 Å². The van der Waals surface area contributed by atoms with E-state index in [0.29, 0.717) is 22.6 Å². The van der Waals surface area contributed by atoms with Gasteiger partial charge in [0, 0.05) is 15.5 Å². The van der Waals surface area contributed by atoms with Gasteiger partial charge in [0.05, 0.1) is 5.56 Å². The lowest BCUT2D eigenvalue weighted by molar-refractivity contribution is -0.127. The molecule has 0 aliphatic carbocycles. The van der Waals surface area contributed by atoms with Crippen molar-refractivity contribution in [2.45, 2.75) is 6.17 Å². The third-order valence-electron chi connectivity index (χ3n) is 5.54. The number of halogens is 1. The van der Waals surface area contributed by atoms with Crippen LogP contribution in [0.2, 0.25) is 0 Å². The Morgan fingerprint density at radius 3 is 2.62 bits per heavy atom. The van der Waals surface area contributed by atoms with E-state index >= 15 is 0 Å². The second-order valence-electron chi connectivity index (χ2n) is 7.80. The van der Waals surface area contributed by atoms with E-state index < -0.39 is 12.1 Å². The molecule has 0 fully saturated rings. The number of carbonyl (C=O) groups excluding carboxylic acids is 2. The van der Waals surface area contributed by atoms with Crippen molar-refractivity contribution in [1.82, 2.24) is 10.4 Å². The second-order valence-corrected chi connectivity index (χ2v) is 8.72. The van der Waals surface area contributed by atoms with Crippen LogP contribution in [-0.2, 0) is 4.79 Å². The lowest BCUT2D eigenvalue weighted by atomic mass is 10.0. The minimum Gasteiger partial charge on any atom is -0.508 e. The number of hydrogen-bond acceptors (Lipinski definition) is 5. The van der Waals surface area contributed by atoms with Crippen molar-refractivity contribution in [3.8, 4) is 11.5 Å². The van der Waals surface area contributed by atoms with Gasteiger partial charge in [-0.25, -0.2) is 5.01 Å². The molecule has 5 rings (SSSR count). The molecule has 4 aromatic carbocycles. The van der Waals surface area contributed by atoms with Crippen LogP contribution in [0.3, 0.4) is 0 Å². The molecule has 0 bridgehead atoms. The number of phenolic OH excluding ortho intramolecular Hbond substituents is 1. The van der Waals surface area contributed by atoms with Gasteiger partial charge in [0.25, 0.3) is 11.8 Å². The number of phenols is 1. The molecule has 8 heteroatoms. The van der Waals surface area contributed by atoms with Crippen LogP contribution in [-0.4, -0.2) is 28.5 Å². The van der Waals surface area contributed by atoms with Crippen molar-refractivity contribution in [1.29, 1.82) is 0 Å². The van der Waals surface area contributed by atoms with Crippen molar-refractivity contribution >= 4 is 44.2 Å². The van der Waals surface area contributed by atoms with Crippen LogP contribution in [0.5, 0.6) is 11.5 Å². The van der Waals surface area contributed by atoms with Gasteiger partial charge in [-0.05, 0) is 47.3 Å². The first-order valence-corrected chi connectivity index (χ1v) is 11.4. The zero-order valence-electron chi connectivity index (χ0n) is 17.9. The molecule has 1 unspecified atom stereocenters. The fourth-order valence-corrected chi connectivity index (χ4v) is 4.28. The number of hydrazine groups is 1. The zero-order chi connectivity index (χ0) is 23.7. The molecule has 0 saturated heterocycles. The molecule has 0 saturated carbocycles. The first-order valence-electron chi connectivity index (χ1n) is 10.6. The van der Waals surface area contributed by atoms with Crippen LogP contribution in [0.1, 0.15) is 22.1 Å². The monoisotopic (exact) mass is 517 g/mol. The summed E-state index contributed by atoms with van der Waals surface area (Å²) < 4.78 is 6.54. The Labute approximate surface area is 204 Å². The van der Waals surface area contributed by atoms with Crippen LogP contribution in [0, 0.1) is 0 Å². The van der Waals surface area contributed by atoms with Crippen molar-refractivity contribution in [2.75, 3.05) is 11.9 Å². The van der Waals surface area contributed by atoms with E-state index in [2.05, 4.69) is 26.7 Å². The normalized spacial score (nSPS) is 14.9. The van der Waals surface area contributed by atoms with E-state index in [-0.39, 0.29) is 18.3 Å². The number of hydrogen-bond donors (Lipinski definition) is 3. The summed E-state index contributed by atoms with van der Waals surface area (Å²) in [6.45, 7) is -0.272. The number of anilines is 1. The summed E-state index contributed by atoms with van der Waals surface area (Å²) in [4.78, 5) is 26.2. The Kier molecular flexibility index (Phi) is 5.81. The van der Waals surface area contributed by atoms with Gasteiger partial charge in [-0.3, -0.25) is 15.0 Å². The molecule has 0 spiro atoms. The van der Waals surface area contributed by atoms with Gasteiger partial charge in [-0.1, -0.05) is 64.5 Å². The molecular formula is C26H20BrN3O4. The Morgan fingerprint density at radius 1 is 1.03 bits per heavy atom. The standard InChI is InChI=1S/C26H20BrN3O4/c27-18-10-13-22-21(14-18)26(33)30(25(28-22)17-8-11-19(31)12-9-17)29-24(32)15-34-23-7-3-5-16-4-1-2-6-20(16)23/h1-14,25,28,31H,15H2,(H,29,32). The van der Waals surface area contributed by atoms with Gasteiger partial charge >= 0.3 is 0 Å². The molecule has 1 aliphatic rings. The van der Waals surface area contributed by atoms with E-state index in [1.165, 1.54) is 17.1 Å². The maximum Gasteiger partial charge on any atom is 0.276 e. The van der Waals surface area contributed by atoms with E-state index in [1.807, 2.05) is 42.5 Å². The fraction of sp³-hybridized carbons (Fsp3) is 0.0769.